The second-order valence-corrected chi connectivity index (χ2v) is 7.00. The van der Waals surface area contributed by atoms with Crippen LogP contribution in [0.4, 0.5) is 14.5 Å². The van der Waals surface area contributed by atoms with E-state index in [1.54, 1.807) is 0 Å². The average molecular weight is 425 g/mol. The molecule has 0 aliphatic rings. The molecule has 3 rings (SSSR count). The van der Waals surface area contributed by atoms with Gasteiger partial charge >= 0.3 is 0 Å². The highest BCUT2D eigenvalue weighted by Crippen LogP contribution is 2.19. The highest BCUT2D eigenvalue weighted by Gasteiger charge is 2.17. The fourth-order valence-electron chi connectivity index (χ4n) is 3.08. The minimum Gasteiger partial charge on any atom is -0.345 e. The molecule has 0 aliphatic carbocycles. The molecule has 0 bridgehead atoms. The van der Waals surface area contributed by atoms with Crippen LogP contribution >= 0.6 is 0 Å². The van der Waals surface area contributed by atoms with Crippen LogP contribution in [-0.4, -0.2) is 30.3 Å². The van der Waals surface area contributed by atoms with Gasteiger partial charge in [0, 0.05) is 11.8 Å². The first-order valence-corrected chi connectivity index (χ1v) is 9.62. The van der Waals surface area contributed by atoms with E-state index in [1.165, 1.54) is 13.0 Å². The van der Waals surface area contributed by atoms with Gasteiger partial charge in [0.2, 0.25) is 17.7 Å². The van der Waals surface area contributed by atoms with Crippen molar-refractivity contribution in [1.82, 2.24) is 10.6 Å². The van der Waals surface area contributed by atoms with E-state index >= 15 is 0 Å². The summed E-state index contributed by atoms with van der Waals surface area (Å²) in [5.41, 5.74) is 0.906. The Kier molecular flexibility index (Phi) is 6.92. The van der Waals surface area contributed by atoms with Gasteiger partial charge < -0.3 is 16.0 Å². The van der Waals surface area contributed by atoms with Gasteiger partial charge in [-0.25, -0.2) is 8.78 Å². The van der Waals surface area contributed by atoms with E-state index in [0.717, 1.165) is 28.5 Å². The van der Waals surface area contributed by atoms with Crippen LogP contribution in [0.5, 0.6) is 0 Å². The molecule has 0 spiro atoms. The Morgan fingerprint density at radius 1 is 0.903 bits per heavy atom. The molecule has 0 saturated heterocycles. The molecule has 0 heterocycles. The summed E-state index contributed by atoms with van der Waals surface area (Å²) in [4.78, 5) is 36.5. The maximum atomic E-state index is 13.2. The van der Waals surface area contributed by atoms with Crippen molar-refractivity contribution >= 4 is 34.2 Å². The first-order valence-electron chi connectivity index (χ1n) is 9.62. The fourth-order valence-corrected chi connectivity index (χ4v) is 3.08. The number of amides is 3. The molecule has 0 unspecified atom stereocenters. The Morgan fingerprint density at radius 2 is 1.65 bits per heavy atom. The van der Waals surface area contributed by atoms with Crippen LogP contribution in [0.2, 0.25) is 0 Å². The van der Waals surface area contributed by atoms with Gasteiger partial charge in [0.05, 0.1) is 13.0 Å². The average Bonchev–Trinajstić information content (AvgIpc) is 2.75. The van der Waals surface area contributed by atoms with Crippen LogP contribution in [-0.2, 0) is 20.8 Å². The lowest BCUT2D eigenvalue weighted by molar-refractivity contribution is -0.129. The maximum Gasteiger partial charge on any atom is 0.243 e. The number of halogens is 2. The Bertz CT molecular complexity index is 1130. The lowest BCUT2D eigenvalue weighted by atomic mass is 10.0. The van der Waals surface area contributed by atoms with Crippen LogP contribution in [0.1, 0.15) is 12.5 Å². The predicted octanol–water partition coefficient (Wildman–Crippen LogP) is 2.92. The lowest BCUT2D eigenvalue weighted by Crippen LogP contribution is -2.47. The molecule has 0 fully saturated rings. The van der Waals surface area contributed by atoms with Crippen LogP contribution in [0, 0.1) is 11.6 Å². The van der Waals surface area contributed by atoms with E-state index in [2.05, 4.69) is 16.0 Å². The number of benzene rings is 3. The smallest absolute Gasteiger partial charge is 0.243 e. The second-order valence-electron chi connectivity index (χ2n) is 7.00. The fraction of sp³-hybridized carbons (Fsp3) is 0.174. The van der Waals surface area contributed by atoms with E-state index < -0.39 is 29.5 Å². The van der Waals surface area contributed by atoms with Crippen molar-refractivity contribution in [3.05, 3.63) is 77.9 Å². The summed E-state index contributed by atoms with van der Waals surface area (Å²) in [5, 5.41) is 9.33. The van der Waals surface area contributed by atoms with Gasteiger partial charge in [-0.1, -0.05) is 42.5 Å². The number of hydrogen-bond donors (Lipinski definition) is 3. The monoisotopic (exact) mass is 425 g/mol. The molecule has 3 aromatic carbocycles. The summed E-state index contributed by atoms with van der Waals surface area (Å²) in [5.74, 6) is -3.62. The number of hydrogen-bond acceptors (Lipinski definition) is 3. The third kappa shape index (κ3) is 5.85. The van der Waals surface area contributed by atoms with Crippen LogP contribution in [0.3, 0.4) is 0 Å². The van der Waals surface area contributed by atoms with Crippen LogP contribution < -0.4 is 16.0 Å². The van der Waals surface area contributed by atoms with Crippen molar-refractivity contribution in [2.75, 3.05) is 11.9 Å². The first kappa shape index (κ1) is 21.9. The minimum atomic E-state index is -1.09. The predicted molar refractivity (Wildman–Crippen MR) is 113 cm³/mol. The zero-order chi connectivity index (χ0) is 22.4. The van der Waals surface area contributed by atoms with Crippen molar-refractivity contribution < 1.29 is 23.2 Å². The summed E-state index contributed by atoms with van der Waals surface area (Å²) in [6.07, 6.45) is 0.107. The summed E-state index contributed by atoms with van der Waals surface area (Å²) < 4.78 is 26.1. The van der Waals surface area contributed by atoms with Crippen molar-refractivity contribution in [1.29, 1.82) is 0 Å². The topological polar surface area (TPSA) is 87.3 Å². The Labute approximate surface area is 177 Å². The highest BCUT2D eigenvalue weighted by molar-refractivity contribution is 5.96. The van der Waals surface area contributed by atoms with Gasteiger partial charge in [-0.05, 0) is 35.4 Å². The Hall–Kier alpha value is -3.81. The summed E-state index contributed by atoms with van der Waals surface area (Å²) in [6, 6.07) is 15.4. The number of anilines is 1. The molecule has 0 saturated carbocycles. The van der Waals surface area contributed by atoms with Crippen molar-refractivity contribution in [2.45, 2.75) is 19.4 Å². The molecule has 0 aromatic heterocycles. The van der Waals surface area contributed by atoms with Gasteiger partial charge in [-0.15, -0.1) is 0 Å². The van der Waals surface area contributed by atoms with Crippen molar-refractivity contribution in [2.24, 2.45) is 0 Å². The Morgan fingerprint density at radius 3 is 2.42 bits per heavy atom. The summed E-state index contributed by atoms with van der Waals surface area (Å²) in [7, 11) is 0. The first-order chi connectivity index (χ1) is 14.8. The summed E-state index contributed by atoms with van der Waals surface area (Å²) >= 11 is 0. The van der Waals surface area contributed by atoms with Crippen molar-refractivity contribution in [3.63, 3.8) is 0 Å². The van der Waals surface area contributed by atoms with Gasteiger partial charge in [-0.3, -0.25) is 14.4 Å². The van der Waals surface area contributed by atoms with Crippen LogP contribution in [0.15, 0.2) is 60.7 Å². The lowest BCUT2D eigenvalue weighted by Gasteiger charge is -2.15. The molecule has 6 nitrogen and oxygen atoms in total. The SMILES string of the molecule is C[C@@H](NC(=O)Cc1cccc2ccccc12)C(=O)NCC(=O)Nc1ccc(F)c(F)c1. The van der Waals surface area contributed by atoms with Crippen LogP contribution in [0.25, 0.3) is 10.8 Å². The largest absolute Gasteiger partial charge is 0.345 e. The molecule has 3 N–H and O–H groups in total. The van der Waals surface area contributed by atoms with E-state index in [9.17, 15) is 23.2 Å². The maximum absolute atomic E-state index is 13.2. The molecule has 160 valence electrons. The number of rotatable bonds is 7. The zero-order valence-electron chi connectivity index (χ0n) is 16.7. The quantitative estimate of drug-likeness (QED) is 0.544. The number of carbonyl (C=O) groups excluding carboxylic acids is 3. The Balaban J connectivity index is 1.48. The van der Waals surface area contributed by atoms with Crippen molar-refractivity contribution in [3.8, 4) is 0 Å². The normalized spacial score (nSPS) is 11.6. The molecule has 0 aliphatic heterocycles. The minimum absolute atomic E-state index is 0.0644. The van der Waals surface area contributed by atoms with E-state index in [0.29, 0.717) is 0 Å². The van der Waals surface area contributed by atoms with E-state index in [-0.39, 0.29) is 24.6 Å². The van der Waals surface area contributed by atoms with Gasteiger partial charge in [0.15, 0.2) is 11.6 Å². The van der Waals surface area contributed by atoms with Gasteiger partial charge in [0.25, 0.3) is 0 Å². The standard InChI is InChI=1S/C23H21F2N3O3/c1-14(23(31)26-13-22(30)28-17-9-10-19(24)20(25)12-17)27-21(29)11-16-7-4-6-15-5-2-3-8-18(15)16/h2-10,12,14H,11,13H2,1H3,(H,26,31)(H,27,29)(H,28,30)/t14-/m1/s1. The molecular weight excluding hydrogens is 404 g/mol. The molecule has 3 amide bonds. The molecule has 0 radical (unpaired) electrons. The van der Waals surface area contributed by atoms with E-state index in [1.807, 2.05) is 42.5 Å². The third-order valence-corrected chi connectivity index (χ3v) is 4.63. The molecule has 1 atom stereocenters. The zero-order valence-corrected chi connectivity index (χ0v) is 16.7. The molecular formula is C23H21F2N3O3. The number of nitrogens with one attached hydrogen (secondary N) is 3. The van der Waals surface area contributed by atoms with Gasteiger partial charge in [-0.2, -0.15) is 0 Å². The van der Waals surface area contributed by atoms with Gasteiger partial charge in [0.1, 0.15) is 6.04 Å². The highest BCUT2D eigenvalue weighted by atomic mass is 19.2. The number of fused-ring (bicyclic) bond motifs is 1. The molecule has 3 aromatic rings. The van der Waals surface area contributed by atoms with E-state index in [4.69, 9.17) is 0 Å². The number of carbonyl (C=O) groups is 3. The molecule has 31 heavy (non-hydrogen) atoms. The summed E-state index contributed by atoms with van der Waals surface area (Å²) in [6.45, 7) is 1.12. The second kappa shape index (κ2) is 9.80. The molecule has 8 heteroatoms. The third-order valence-electron chi connectivity index (χ3n) is 4.63.